The normalized spacial score (nSPS) is 25.6. The van der Waals surface area contributed by atoms with Gasteiger partial charge in [-0.25, -0.2) is 0 Å². The van der Waals surface area contributed by atoms with E-state index in [1.54, 1.807) is 22.9 Å². The third-order valence-corrected chi connectivity index (χ3v) is 6.46. The fourth-order valence-corrected chi connectivity index (χ4v) is 4.76. The Bertz CT molecular complexity index is 650. The van der Waals surface area contributed by atoms with Crippen LogP contribution in [0.4, 0.5) is 0 Å². The molecular weight excluding hydrogens is 344 g/mol. The minimum absolute atomic E-state index is 0.0809. The van der Waals surface area contributed by atoms with Crippen LogP contribution in [0.25, 0.3) is 0 Å². The Kier molecular flexibility index (Phi) is 5.53. The first-order valence-electron chi connectivity index (χ1n) is 7.84. The first kappa shape index (κ1) is 17.4. The SMILES string of the molecule is CCSCC1=CN2C(=O)C(N)[C@H]2SC1C(=O)OCc1ccccc1. The molecule has 1 aromatic rings. The molecule has 2 unspecified atom stereocenters. The number of hydrogen-bond acceptors (Lipinski definition) is 6. The Hall–Kier alpha value is -1.44. The molecule has 0 aliphatic carbocycles. The maximum absolute atomic E-state index is 12.6. The first-order valence-corrected chi connectivity index (χ1v) is 9.93. The molecule has 2 aliphatic rings. The molecule has 1 fully saturated rings. The van der Waals surface area contributed by atoms with Crippen molar-refractivity contribution < 1.29 is 14.3 Å². The number of hydrogen-bond donors (Lipinski definition) is 1. The van der Waals surface area contributed by atoms with Crippen LogP contribution < -0.4 is 5.73 Å². The number of carbonyl (C=O) groups excluding carboxylic acids is 2. The third kappa shape index (κ3) is 3.48. The van der Waals surface area contributed by atoms with E-state index in [9.17, 15) is 9.59 Å². The second-order valence-corrected chi connectivity index (χ2v) is 8.11. The highest BCUT2D eigenvalue weighted by Crippen LogP contribution is 2.41. The van der Waals surface area contributed by atoms with E-state index in [2.05, 4.69) is 6.92 Å². The predicted octanol–water partition coefficient (Wildman–Crippen LogP) is 1.98. The summed E-state index contributed by atoms with van der Waals surface area (Å²) in [7, 11) is 0. The molecule has 3 rings (SSSR count). The number of carbonyl (C=O) groups is 2. The van der Waals surface area contributed by atoms with Gasteiger partial charge >= 0.3 is 5.97 Å². The van der Waals surface area contributed by atoms with Crippen molar-refractivity contribution >= 4 is 35.4 Å². The Morgan fingerprint density at radius 3 is 2.83 bits per heavy atom. The zero-order chi connectivity index (χ0) is 17.1. The Morgan fingerprint density at radius 2 is 2.12 bits per heavy atom. The van der Waals surface area contributed by atoms with E-state index < -0.39 is 11.3 Å². The fraction of sp³-hybridized carbons (Fsp3) is 0.412. The van der Waals surface area contributed by atoms with Crippen molar-refractivity contribution in [3.8, 4) is 0 Å². The minimum Gasteiger partial charge on any atom is -0.460 e. The molecule has 0 spiro atoms. The quantitative estimate of drug-likeness (QED) is 0.615. The van der Waals surface area contributed by atoms with Gasteiger partial charge in [-0.2, -0.15) is 11.8 Å². The van der Waals surface area contributed by atoms with Gasteiger partial charge in [-0.05, 0) is 16.9 Å². The standard InChI is InChI=1S/C17H20N2O3S2/c1-2-23-10-12-8-19-15(20)13(18)16(19)24-14(12)17(21)22-9-11-6-4-3-5-7-11/h3-8,13-14,16H,2,9-10,18H2,1H3/t13?,14?,16-/m1/s1. The van der Waals surface area contributed by atoms with Crippen molar-refractivity contribution in [3.05, 3.63) is 47.7 Å². The summed E-state index contributed by atoms with van der Waals surface area (Å²) in [4.78, 5) is 26.0. The maximum Gasteiger partial charge on any atom is 0.323 e. The van der Waals surface area contributed by atoms with Gasteiger partial charge in [-0.1, -0.05) is 37.3 Å². The summed E-state index contributed by atoms with van der Waals surface area (Å²) >= 11 is 3.14. The van der Waals surface area contributed by atoms with Crippen LogP contribution in [0.2, 0.25) is 0 Å². The van der Waals surface area contributed by atoms with Crippen LogP contribution in [0.1, 0.15) is 12.5 Å². The van der Waals surface area contributed by atoms with Crippen LogP contribution in [0.3, 0.4) is 0 Å². The summed E-state index contributed by atoms with van der Waals surface area (Å²) in [6.07, 6.45) is 1.80. The lowest BCUT2D eigenvalue weighted by Crippen LogP contribution is -2.67. The van der Waals surface area contributed by atoms with Crippen molar-refractivity contribution in [2.24, 2.45) is 5.73 Å². The van der Waals surface area contributed by atoms with Gasteiger partial charge in [0, 0.05) is 12.0 Å². The zero-order valence-electron chi connectivity index (χ0n) is 13.4. The molecule has 3 atom stereocenters. The number of esters is 1. The van der Waals surface area contributed by atoms with Gasteiger partial charge < -0.3 is 15.4 Å². The number of ether oxygens (including phenoxy) is 1. The van der Waals surface area contributed by atoms with Crippen LogP contribution in [0, 0.1) is 0 Å². The van der Waals surface area contributed by atoms with Gasteiger partial charge in [0.05, 0.1) is 0 Å². The molecule has 0 radical (unpaired) electrons. The lowest BCUT2D eigenvalue weighted by Gasteiger charge is -2.47. The lowest BCUT2D eigenvalue weighted by molar-refractivity contribution is -0.145. The average Bonchev–Trinajstić information content (AvgIpc) is 2.63. The van der Waals surface area contributed by atoms with Crippen molar-refractivity contribution in [1.82, 2.24) is 4.90 Å². The molecule has 1 amide bonds. The van der Waals surface area contributed by atoms with E-state index in [0.717, 1.165) is 16.9 Å². The molecule has 2 N–H and O–H groups in total. The van der Waals surface area contributed by atoms with Crippen molar-refractivity contribution in [3.63, 3.8) is 0 Å². The van der Waals surface area contributed by atoms with E-state index >= 15 is 0 Å². The summed E-state index contributed by atoms with van der Waals surface area (Å²) in [6.45, 7) is 2.32. The van der Waals surface area contributed by atoms with Gasteiger partial charge in [0.25, 0.3) is 0 Å². The van der Waals surface area contributed by atoms with Gasteiger partial charge in [-0.15, -0.1) is 11.8 Å². The van der Waals surface area contributed by atoms with Gasteiger partial charge in [-0.3, -0.25) is 9.59 Å². The molecule has 0 bridgehead atoms. The first-order chi connectivity index (χ1) is 11.6. The summed E-state index contributed by atoms with van der Waals surface area (Å²) < 4.78 is 5.49. The second kappa shape index (κ2) is 7.63. The highest BCUT2D eigenvalue weighted by molar-refractivity contribution is 8.02. The van der Waals surface area contributed by atoms with E-state index in [1.165, 1.54) is 11.8 Å². The fourth-order valence-electron chi connectivity index (χ4n) is 2.62. The zero-order valence-corrected chi connectivity index (χ0v) is 15.0. The molecule has 7 heteroatoms. The Labute approximate surface area is 150 Å². The van der Waals surface area contributed by atoms with Crippen molar-refractivity contribution in [2.75, 3.05) is 11.5 Å². The topological polar surface area (TPSA) is 72.6 Å². The number of fused-ring (bicyclic) bond motifs is 1. The van der Waals surface area contributed by atoms with Gasteiger partial charge in [0.2, 0.25) is 5.91 Å². The highest BCUT2D eigenvalue weighted by atomic mass is 32.2. The Morgan fingerprint density at radius 1 is 1.38 bits per heavy atom. The molecular formula is C17H20N2O3S2. The number of nitrogens with two attached hydrogens (primary N) is 1. The largest absolute Gasteiger partial charge is 0.460 e. The highest BCUT2D eigenvalue weighted by Gasteiger charge is 2.50. The van der Waals surface area contributed by atoms with Crippen LogP contribution in [0.15, 0.2) is 42.1 Å². The summed E-state index contributed by atoms with van der Waals surface area (Å²) in [6, 6.07) is 9.07. The number of rotatable bonds is 6. The van der Waals surface area contributed by atoms with Gasteiger partial charge in [0.1, 0.15) is 23.3 Å². The Balaban J connectivity index is 1.69. The van der Waals surface area contributed by atoms with E-state index in [4.69, 9.17) is 10.5 Å². The van der Waals surface area contributed by atoms with Crippen LogP contribution in [-0.4, -0.2) is 44.9 Å². The summed E-state index contributed by atoms with van der Waals surface area (Å²) in [5.74, 6) is 1.31. The third-order valence-electron chi connectivity index (χ3n) is 3.95. The van der Waals surface area contributed by atoms with Crippen LogP contribution in [0.5, 0.6) is 0 Å². The number of amides is 1. The molecule has 2 aliphatic heterocycles. The molecule has 5 nitrogen and oxygen atoms in total. The molecule has 0 saturated carbocycles. The van der Waals surface area contributed by atoms with Crippen molar-refractivity contribution in [2.45, 2.75) is 30.2 Å². The smallest absolute Gasteiger partial charge is 0.323 e. The molecule has 1 saturated heterocycles. The molecule has 128 valence electrons. The van der Waals surface area contributed by atoms with E-state index in [1.807, 2.05) is 30.3 Å². The monoisotopic (exact) mass is 364 g/mol. The van der Waals surface area contributed by atoms with Crippen LogP contribution >= 0.6 is 23.5 Å². The predicted molar refractivity (Wildman–Crippen MR) is 97.3 cm³/mol. The number of β-lactam (4-membered cyclic amide) rings is 1. The van der Waals surface area contributed by atoms with E-state index in [-0.39, 0.29) is 23.9 Å². The molecule has 0 aromatic heterocycles. The second-order valence-electron chi connectivity index (χ2n) is 5.61. The molecule has 2 heterocycles. The number of nitrogens with zero attached hydrogens (tertiary/aromatic N) is 1. The van der Waals surface area contributed by atoms with Crippen molar-refractivity contribution in [1.29, 1.82) is 0 Å². The van der Waals surface area contributed by atoms with Crippen LogP contribution in [-0.2, 0) is 20.9 Å². The molecule has 24 heavy (non-hydrogen) atoms. The molecule has 1 aromatic carbocycles. The number of benzene rings is 1. The van der Waals surface area contributed by atoms with E-state index in [0.29, 0.717) is 5.75 Å². The number of thioether (sulfide) groups is 2. The average molecular weight is 364 g/mol. The summed E-state index contributed by atoms with van der Waals surface area (Å²) in [5.41, 5.74) is 7.72. The summed E-state index contributed by atoms with van der Waals surface area (Å²) in [5, 5.41) is -0.560. The van der Waals surface area contributed by atoms with Gasteiger partial charge in [0.15, 0.2) is 0 Å². The lowest BCUT2D eigenvalue weighted by atomic mass is 10.1. The minimum atomic E-state index is -0.531. The maximum atomic E-state index is 12.6.